The first-order valence-corrected chi connectivity index (χ1v) is 9.72. The standard InChI is InChI=1S/C24H33NO2/c1-8-11-21(26)17-12-9-10-13-19(17)25-20-15-16(23(2,3)4)14-18(22(20)27)24(5,6)7/h9-10,12-15,25,27H,8,11H2,1-7H3. The van der Waals surface area contributed by atoms with Crippen LogP contribution in [0.2, 0.25) is 0 Å². The van der Waals surface area contributed by atoms with Gasteiger partial charge in [-0.2, -0.15) is 0 Å². The van der Waals surface area contributed by atoms with Gasteiger partial charge in [-0.15, -0.1) is 0 Å². The Labute approximate surface area is 163 Å². The Bertz CT molecular complexity index is 823. The average Bonchev–Trinajstić information content (AvgIpc) is 2.55. The minimum absolute atomic E-state index is 0.0539. The maximum atomic E-state index is 12.5. The van der Waals surface area contributed by atoms with Crippen LogP contribution in [0.5, 0.6) is 5.75 Å². The van der Waals surface area contributed by atoms with Crippen molar-refractivity contribution in [3.05, 3.63) is 53.1 Å². The van der Waals surface area contributed by atoms with Crippen molar-refractivity contribution in [1.29, 1.82) is 0 Å². The largest absolute Gasteiger partial charge is 0.505 e. The molecule has 2 rings (SSSR count). The second-order valence-electron chi connectivity index (χ2n) is 9.26. The molecule has 2 aromatic rings. The fourth-order valence-corrected chi connectivity index (χ4v) is 3.08. The van der Waals surface area contributed by atoms with E-state index in [1.165, 1.54) is 0 Å². The van der Waals surface area contributed by atoms with Gasteiger partial charge in [0.15, 0.2) is 5.78 Å². The highest BCUT2D eigenvalue weighted by Crippen LogP contribution is 2.41. The summed E-state index contributed by atoms with van der Waals surface area (Å²) in [7, 11) is 0. The molecule has 0 aliphatic carbocycles. The van der Waals surface area contributed by atoms with Crippen LogP contribution in [0, 0.1) is 0 Å². The summed E-state index contributed by atoms with van der Waals surface area (Å²) in [6.45, 7) is 14.8. The number of hydrogen-bond donors (Lipinski definition) is 2. The van der Waals surface area contributed by atoms with Gasteiger partial charge in [-0.25, -0.2) is 0 Å². The lowest BCUT2D eigenvalue weighted by Crippen LogP contribution is -2.17. The number of carbonyl (C=O) groups excluding carboxylic acids is 1. The van der Waals surface area contributed by atoms with E-state index >= 15 is 0 Å². The molecule has 146 valence electrons. The predicted octanol–water partition coefficient (Wildman–Crippen LogP) is 6.71. The summed E-state index contributed by atoms with van der Waals surface area (Å²) in [6.07, 6.45) is 1.33. The van der Waals surface area contributed by atoms with E-state index in [2.05, 4.69) is 52.9 Å². The lowest BCUT2D eigenvalue weighted by molar-refractivity contribution is 0.0982. The quantitative estimate of drug-likeness (QED) is 0.456. The van der Waals surface area contributed by atoms with Gasteiger partial charge in [-0.05, 0) is 41.0 Å². The zero-order valence-corrected chi connectivity index (χ0v) is 17.7. The van der Waals surface area contributed by atoms with E-state index in [-0.39, 0.29) is 22.4 Å². The molecule has 2 aromatic carbocycles. The minimum Gasteiger partial charge on any atom is -0.505 e. The number of ketones is 1. The van der Waals surface area contributed by atoms with Gasteiger partial charge in [0, 0.05) is 23.2 Å². The zero-order chi connectivity index (χ0) is 20.4. The van der Waals surface area contributed by atoms with E-state index in [4.69, 9.17) is 0 Å². The molecule has 0 aliphatic rings. The lowest BCUT2D eigenvalue weighted by Gasteiger charge is -2.28. The van der Waals surface area contributed by atoms with Crippen molar-refractivity contribution >= 4 is 17.2 Å². The summed E-state index contributed by atoms with van der Waals surface area (Å²) in [4.78, 5) is 12.5. The molecule has 3 nitrogen and oxygen atoms in total. The molecule has 2 N–H and O–H groups in total. The third-order valence-electron chi connectivity index (χ3n) is 4.76. The van der Waals surface area contributed by atoms with Crippen molar-refractivity contribution in [2.24, 2.45) is 0 Å². The van der Waals surface area contributed by atoms with Crippen LogP contribution in [0.25, 0.3) is 0 Å². The first-order chi connectivity index (χ1) is 12.4. The van der Waals surface area contributed by atoms with Crippen LogP contribution in [0.15, 0.2) is 36.4 Å². The van der Waals surface area contributed by atoms with Crippen LogP contribution >= 0.6 is 0 Å². The van der Waals surface area contributed by atoms with Crippen molar-refractivity contribution < 1.29 is 9.90 Å². The first-order valence-electron chi connectivity index (χ1n) is 9.72. The van der Waals surface area contributed by atoms with Crippen molar-refractivity contribution in [3.63, 3.8) is 0 Å². The van der Waals surface area contributed by atoms with E-state index < -0.39 is 0 Å². The summed E-state index contributed by atoms with van der Waals surface area (Å²) in [5, 5.41) is 14.3. The second-order valence-corrected chi connectivity index (χ2v) is 9.26. The van der Waals surface area contributed by atoms with Crippen LogP contribution in [-0.4, -0.2) is 10.9 Å². The molecule has 3 heteroatoms. The van der Waals surface area contributed by atoms with Gasteiger partial charge in [0.1, 0.15) is 5.75 Å². The lowest BCUT2D eigenvalue weighted by atomic mass is 9.79. The van der Waals surface area contributed by atoms with Crippen molar-refractivity contribution in [3.8, 4) is 5.75 Å². The maximum Gasteiger partial charge on any atom is 0.164 e. The molecule has 0 atom stereocenters. The molecule has 27 heavy (non-hydrogen) atoms. The summed E-state index contributed by atoms with van der Waals surface area (Å²) >= 11 is 0. The van der Waals surface area contributed by atoms with Crippen molar-refractivity contribution in [1.82, 2.24) is 0 Å². The Morgan fingerprint density at radius 3 is 2.15 bits per heavy atom. The van der Waals surface area contributed by atoms with Crippen LogP contribution in [-0.2, 0) is 10.8 Å². The number of benzene rings is 2. The number of carbonyl (C=O) groups is 1. The zero-order valence-electron chi connectivity index (χ0n) is 17.7. The van der Waals surface area contributed by atoms with E-state index in [0.29, 0.717) is 17.7 Å². The van der Waals surface area contributed by atoms with Crippen molar-refractivity contribution in [2.75, 3.05) is 5.32 Å². The minimum atomic E-state index is -0.195. The van der Waals surface area contributed by atoms with Gasteiger partial charge < -0.3 is 10.4 Å². The highest BCUT2D eigenvalue weighted by Gasteiger charge is 2.25. The first kappa shape index (κ1) is 21.0. The smallest absolute Gasteiger partial charge is 0.164 e. The number of anilines is 2. The number of rotatable bonds is 5. The Kier molecular flexibility index (Phi) is 6.04. The van der Waals surface area contributed by atoms with Crippen LogP contribution in [0.1, 0.15) is 82.8 Å². The highest BCUT2D eigenvalue weighted by molar-refractivity contribution is 6.02. The number of aromatic hydroxyl groups is 1. The molecule has 0 spiro atoms. The number of Topliss-reactive ketones (excluding diaryl/α,β-unsaturated/α-hetero) is 1. The Morgan fingerprint density at radius 1 is 0.963 bits per heavy atom. The molecule has 0 aromatic heterocycles. The number of nitrogens with one attached hydrogen (secondary N) is 1. The normalized spacial score (nSPS) is 12.1. The summed E-state index contributed by atoms with van der Waals surface area (Å²) in [5.74, 6) is 0.358. The molecule has 0 unspecified atom stereocenters. The van der Waals surface area contributed by atoms with Gasteiger partial charge >= 0.3 is 0 Å². The van der Waals surface area contributed by atoms with E-state index in [0.717, 1.165) is 23.2 Å². The van der Waals surface area contributed by atoms with Gasteiger partial charge in [-0.1, -0.05) is 66.7 Å². The van der Waals surface area contributed by atoms with Crippen LogP contribution in [0.3, 0.4) is 0 Å². The maximum absolute atomic E-state index is 12.5. The summed E-state index contributed by atoms with van der Waals surface area (Å²) in [6, 6.07) is 11.6. The van der Waals surface area contributed by atoms with Gasteiger partial charge in [0.2, 0.25) is 0 Å². The molecular weight excluding hydrogens is 334 g/mol. The molecule has 0 amide bonds. The van der Waals surface area contributed by atoms with Crippen LogP contribution in [0.4, 0.5) is 11.4 Å². The Morgan fingerprint density at radius 2 is 1.59 bits per heavy atom. The number of hydrogen-bond acceptors (Lipinski definition) is 3. The Balaban J connectivity index is 2.59. The molecule has 0 aliphatic heterocycles. The molecule has 0 saturated heterocycles. The molecular formula is C24H33NO2. The van der Waals surface area contributed by atoms with E-state index in [1.807, 2.05) is 37.3 Å². The Hall–Kier alpha value is -2.29. The molecule has 0 bridgehead atoms. The molecule has 0 fully saturated rings. The third-order valence-corrected chi connectivity index (χ3v) is 4.76. The molecule has 0 heterocycles. The van der Waals surface area contributed by atoms with Crippen LogP contribution < -0.4 is 5.32 Å². The van der Waals surface area contributed by atoms with E-state index in [9.17, 15) is 9.90 Å². The van der Waals surface area contributed by atoms with Gasteiger partial charge in [-0.3, -0.25) is 4.79 Å². The number of phenols is 1. The third kappa shape index (κ3) is 4.91. The molecule has 0 saturated carbocycles. The van der Waals surface area contributed by atoms with Crippen molar-refractivity contribution in [2.45, 2.75) is 72.1 Å². The number of phenolic OH excluding ortho intramolecular Hbond substituents is 1. The highest BCUT2D eigenvalue weighted by atomic mass is 16.3. The number of para-hydroxylation sites is 1. The monoisotopic (exact) mass is 367 g/mol. The molecule has 0 radical (unpaired) electrons. The van der Waals surface area contributed by atoms with Gasteiger partial charge in [0.25, 0.3) is 0 Å². The SMILES string of the molecule is CCCC(=O)c1ccccc1Nc1cc(C(C)(C)C)cc(C(C)(C)C)c1O. The summed E-state index contributed by atoms with van der Waals surface area (Å²) in [5.41, 5.74) is 3.83. The fourth-order valence-electron chi connectivity index (χ4n) is 3.08. The van der Waals surface area contributed by atoms with E-state index in [1.54, 1.807) is 0 Å². The topological polar surface area (TPSA) is 49.3 Å². The second kappa shape index (κ2) is 7.75. The average molecular weight is 368 g/mol. The van der Waals surface area contributed by atoms with Gasteiger partial charge in [0.05, 0.1) is 5.69 Å². The summed E-state index contributed by atoms with van der Waals surface area (Å²) < 4.78 is 0. The fraction of sp³-hybridized carbons (Fsp3) is 0.458. The predicted molar refractivity (Wildman–Crippen MR) is 114 cm³/mol.